The fourth-order valence-corrected chi connectivity index (χ4v) is 2.04. The minimum absolute atomic E-state index is 0.191. The zero-order valence-electron chi connectivity index (χ0n) is 9.25. The molecule has 0 saturated heterocycles. The van der Waals surface area contributed by atoms with Crippen LogP contribution in [0.2, 0.25) is 0 Å². The van der Waals surface area contributed by atoms with Crippen molar-refractivity contribution in [1.29, 1.82) is 0 Å². The Labute approximate surface area is 101 Å². The number of tetrazole rings is 1. The van der Waals surface area contributed by atoms with E-state index in [0.29, 0.717) is 22.4 Å². The summed E-state index contributed by atoms with van der Waals surface area (Å²) in [5.74, 6) is 0.502. The van der Waals surface area contributed by atoms with E-state index < -0.39 is 5.97 Å². The molecule has 2 rings (SSSR count). The quantitative estimate of drug-likeness (QED) is 0.816. The average molecular weight is 254 g/mol. The van der Waals surface area contributed by atoms with Crippen molar-refractivity contribution in [1.82, 2.24) is 20.2 Å². The number of hydrogen-bond acceptors (Lipinski definition) is 6. The first-order chi connectivity index (χ1) is 8.08. The molecule has 7 nitrogen and oxygen atoms in total. The number of aromatic nitrogens is 4. The van der Waals surface area contributed by atoms with Crippen LogP contribution in [0, 0.1) is 6.92 Å². The van der Waals surface area contributed by atoms with Gasteiger partial charge in [0, 0.05) is 7.05 Å². The SMILES string of the molecule is Cc1oc(CSc2nnnn2C)cc1C(=O)O. The molecule has 0 atom stereocenters. The molecule has 2 aromatic heterocycles. The Hall–Kier alpha value is -1.83. The van der Waals surface area contributed by atoms with Crippen LogP contribution in [0.25, 0.3) is 0 Å². The van der Waals surface area contributed by atoms with E-state index in [-0.39, 0.29) is 5.56 Å². The number of carbonyl (C=O) groups is 1. The highest BCUT2D eigenvalue weighted by Gasteiger charge is 2.14. The van der Waals surface area contributed by atoms with Gasteiger partial charge in [0.2, 0.25) is 5.16 Å². The molecule has 0 amide bonds. The Morgan fingerprint density at radius 2 is 2.41 bits per heavy atom. The van der Waals surface area contributed by atoms with Crippen molar-refractivity contribution in [3.63, 3.8) is 0 Å². The molecule has 0 spiro atoms. The fourth-order valence-electron chi connectivity index (χ4n) is 1.31. The summed E-state index contributed by atoms with van der Waals surface area (Å²) >= 11 is 1.38. The van der Waals surface area contributed by atoms with E-state index in [0.717, 1.165) is 0 Å². The molecule has 0 fully saturated rings. The summed E-state index contributed by atoms with van der Waals surface area (Å²) in [6.07, 6.45) is 0. The van der Waals surface area contributed by atoms with Gasteiger partial charge in [-0.1, -0.05) is 11.8 Å². The number of rotatable bonds is 4. The lowest BCUT2D eigenvalue weighted by atomic mass is 10.2. The number of thioether (sulfide) groups is 1. The highest BCUT2D eigenvalue weighted by atomic mass is 32.2. The minimum atomic E-state index is -0.983. The molecule has 0 bridgehead atoms. The van der Waals surface area contributed by atoms with Gasteiger partial charge in [0.05, 0.1) is 5.75 Å². The number of aromatic carboxylic acids is 1. The van der Waals surface area contributed by atoms with Gasteiger partial charge in [-0.25, -0.2) is 9.48 Å². The van der Waals surface area contributed by atoms with Crippen LogP contribution in [0.4, 0.5) is 0 Å². The molecule has 0 unspecified atom stereocenters. The van der Waals surface area contributed by atoms with Crippen molar-refractivity contribution in [3.05, 3.63) is 23.2 Å². The van der Waals surface area contributed by atoms with Crippen LogP contribution < -0.4 is 0 Å². The summed E-state index contributed by atoms with van der Waals surface area (Å²) in [6, 6.07) is 1.52. The lowest BCUT2D eigenvalue weighted by Gasteiger charge is -1.95. The molecule has 90 valence electrons. The van der Waals surface area contributed by atoms with Crippen molar-refractivity contribution in [3.8, 4) is 0 Å². The molecular weight excluding hydrogens is 244 g/mol. The van der Waals surface area contributed by atoms with Crippen LogP contribution >= 0.6 is 11.8 Å². The normalized spacial score (nSPS) is 10.7. The zero-order chi connectivity index (χ0) is 12.4. The third kappa shape index (κ3) is 2.47. The monoisotopic (exact) mass is 254 g/mol. The van der Waals surface area contributed by atoms with Crippen molar-refractivity contribution < 1.29 is 14.3 Å². The summed E-state index contributed by atoms with van der Waals surface area (Å²) in [6.45, 7) is 1.63. The number of carboxylic acid groups (broad SMARTS) is 1. The maximum absolute atomic E-state index is 10.8. The number of carboxylic acids is 1. The zero-order valence-corrected chi connectivity index (χ0v) is 10.1. The van der Waals surface area contributed by atoms with Crippen LogP contribution in [0.3, 0.4) is 0 Å². The molecular formula is C9H10N4O3S. The Kier molecular flexibility index (Phi) is 3.14. The maximum atomic E-state index is 10.8. The molecule has 0 radical (unpaired) electrons. The van der Waals surface area contributed by atoms with Crippen LogP contribution in [-0.4, -0.2) is 31.3 Å². The second kappa shape index (κ2) is 4.58. The predicted molar refractivity (Wildman–Crippen MR) is 58.8 cm³/mol. The van der Waals surface area contributed by atoms with Crippen LogP contribution in [0.1, 0.15) is 21.9 Å². The molecule has 2 aromatic rings. The summed E-state index contributed by atoms with van der Waals surface area (Å²) in [7, 11) is 1.73. The molecule has 0 aromatic carbocycles. The number of hydrogen-bond donors (Lipinski definition) is 1. The highest BCUT2D eigenvalue weighted by molar-refractivity contribution is 7.98. The first kappa shape index (κ1) is 11.6. The summed E-state index contributed by atoms with van der Waals surface area (Å²) in [5, 5.41) is 20.5. The third-order valence-electron chi connectivity index (χ3n) is 2.12. The molecule has 17 heavy (non-hydrogen) atoms. The average Bonchev–Trinajstić information content (AvgIpc) is 2.82. The fraction of sp³-hybridized carbons (Fsp3) is 0.333. The van der Waals surface area contributed by atoms with Crippen LogP contribution in [0.15, 0.2) is 15.6 Å². The van der Waals surface area contributed by atoms with E-state index in [1.54, 1.807) is 18.7 Å². The molecule has 0 aliphatic heterocycles. The predicted octanol–water partition coefficient (Wildman–Crippen LogP) is 1.10. The number of furan rings is 1. The van der Waals surface area contributed by atoms with Gasteiger partial charge in [0.1, 0.15) is 17.1 Å². The third-order valence-corrected chi connectivity index (χ3v) is 3.16. The first-order valence-corrected chi connectivity index (χ1v) is 5.74. The molecule has 2 heterocycles. The number of nitrogens with zero attached hydrogens (tertiary/aromatic N) is 4. The van der Waals surface area contributed by atoms with Crippen molar-refractivity contribution in [2.45, 2.75) is 17.8 Å². The van der Waals surface area contributed by atoms with Gasteiger partial charge in [-0.3, -0.25) is 0 Å². The van der Waals surface area contributed by atoms with Crippen molar-refractivity contribution >= 4 is 17.7 Å². The van der Waals surface area contributed by atoms with E-state index in [1.165, 1.54) is 17.8 Å². The van der Waals surface area contributed by atoms with Crippen LogP contribution in [0.5, 0.6) is 0 Å². The van der Waals surface area contributed by atoms with Gasteiger partial charge in [0.15, 0.2) is 0 Å². The molecule has 8 heteroatoms. The van der Waals surface area contributed by atoms with Crippen molar-refractivity contribution in [2.24, 2.45) is 7.05 Å². The van der Waals surface area contributed by atoms with Crippen molar-refractivity contribution in [2.75, 3.05) is 0 Å². The van der Waals surface area contributed by atoms with E-state index >= 15 is 0 Å². The maximum Gasteiger partial charge on any atom is 0.339 e. The standard InChI is InChI=1S/C9H10N4O3S/c1-5-7(8(14)15)3-6(16-5)4-17-9-10-11-12-13(9)2/h3H,4H2,1-2H3,(H,14,15). The Morgan fingerprint density at radius 1 is 1.65 bits per heavy atom. The molecule has 0 saturated carbocycles. The smallest absolute Gasteiger partial charge is 0.339 e. The van der Waals surface area contributed by atoms with Gasteiger partial charge in [-0.05, 0) is 23.4 Å². The Balaban J connectivity index is 2.07. The lowest BCUT2D eigenvalue weighted by Crippen LogP contribution is -1.95. The summed E-state index contributed by atoms with van der Waals surface area (Å²) < 4.78 is 6.87. The van der Waals surface area contributed by atoms with Gasteiger partial charge < -0.3 is 9.52 Å². The molecule has 1 N–H and O–H groups in total. The van der Waals surface area contributed by atoms with Gasteiger partial charge in [-0.15, -0.1) is 5.10 Å². The summed E-state index contributed by atoms with van der Waals surface area (Å²) in [5.41, 5.74) is 0.191. The van der Waals surface area contributed by atoms with Gasteiger partial charge in [-0.2, -0.15) is 0 Å². The van der Waals surface area contributed by atoms with E-state index in [1.807, 2.05) is 0 Å². The Morgan fingerprint density at radius 3 is 2.94 bits per heavy atom. The highest BCUT2D eigenvalue weighted by Crippen LogP contribution is 2.23. The topological polar surface area (TPSA) is 94.0 Å². The van der Waals surface area contributed by atoms with Gasteiger partial charge in [0.25, 0.3) is 0 Å². The lowest BCUT2D eigenvalue weighted by molar-refractivity contribution is 0.0695. The largest absolute Gasteiger partial charge is 0.478 e. The van der Waals surface area contributed by atoms with E-state index in [9.17, 15) is 4.79 Å². The second-order valence-electron chi connectivity index (χ2n) is 3.36. The first-order valence-electron chi connectivity index (χ1n) is 4.75. The molecule has 0 aliphatic rings. The van der Waals surface area contributed by atoms with Crippen LogP contribution in [-0.2, 0) is 12.8 Å². The number of aryl methyl sites for hydroxylation is 2. The minimum Gasteiger partial charge on any atom is -0.478 e. The van der Waals surface area contributed by atoms with Gasteiger partial charge >= 0.3 is 5.97 Å². The molecule has 0 aliphatic carbocycles. The Bertz CT molecular complexity index is 548. The summed E-state index contributed by atoms with van der Waals surface area (Å²) in [4.78, 5) is 10.8. The second-order valence-corrected chi connectivity index (χ2v) is 4.30. The van der Waals surface area contributed by atoms with E-state index in [2.05, 4.69) is 15.5 Å². The van der Waals surface area contributed by atoms with E-state index in [4.69, 9.17) is 9.52 Å².